The van der Waals surface area contributed by atoms with Gasteiger partial charge in [-0.05, 0) is 86.4 Å². The summed E-state index contributed by atoms with van der Waals surface area (Å²) in [5, 5.41) is 9.28. The molecule has 0 aliphatic heterocycles. The molecule has 0 saturated heterocycles. The number of hydrogen-bond acceptors (Lipinski definition) is 3. The molecule has 3 unspecified atom stereocenters. The average molecular weight is 455 g/mol. The van der Waals surface area contributed by atoms with Crippen LogP contribution in [0.4, 0.5) is 0 Å². The van der Waals surface area contributed by atoms with E-state index < -0.39 is 11.9 Å². The van der Waals surface area contributed by atoms with Gasteiger partial charge in [-0.2, -0.15) is 0 Å². The smallest absolute Gasteiger partial charge is 0.310 e. The summed E-state index contributed by atoms with van der Waals surface area (Å²) in [6, 6.07) is 0. The maximum absolute atomic E-state index is 13.8. The van der Waals surface area contributed by atoms with Gasteiger partial charge >= 0.3 is 5.97 Å². The van der Waals surface area contributed by atoms with Crippen molar-refractivity contribution in [2.75, 3.05) is 0 Å². The molecule has 0 bridgehead atoms. The van der Waals surface area contributed by atoms with Gasteiger partial charge in [0.15, 0.2) is 5.78 Å². The molecule has 33 heavy (non-hydrogen) atoms. The monoisotopic (exact) mass is 454 g/mol. The Bertz CT molecular complexity index is 913. The van der Waals surface area contributed by atoms with E-state index in [9.17, 15) is 19.5 Å². The quantitative estimate of drug-likeness (QED) is 0.472. The summed E-state index contributed by atoms with van der Waals surface area (Å²) < 4.78 is 0. The lowest BCUT2D eigenvalue weighted by atomic mass is 9.48. The molecule has 0 heterocycles. The topological polar surface area (TPSA) is 71.4 Å². The zero-order chi connectivity index (χ0) is 24.3. The Labute approximate surface area is 199 Å². The standard InChI is InChI=1S/C29H42O4/c1-16(18(3)27(32)33)7-8-17(2)21-11-12-23-20-9-10-22-19(4)24(30)13-14-28(22,5)26(20)25(31)15-29(21,23)6/h17-19,21-23H,1,7-15H2,2-6H3,(H,32,33)/t17-,18?,19?,21-,22?,23+,28+,29-/m1/s1. The van der Waals surface area contributed by atoms with Crippen molar-refractivity contribution in [3.63, 3.8) is 0 Å². The second-order valence-corrected chi connectivity index (χ2v) is 12.3. The molecule has 0 aromatic rings. The maximum Gasteiger partial charge on any atom is 0.310 e. The fourth-order valence-electron chi connectivity index (χ4n) is 8.56. The molecular weight excluding hydrogens is 412 g/mol. The lowest BCUT2D eigenvalue weighted by Gasteiger charge is -2.54. The molecule has 0 aromatic heterocycles. The molecule has 1 N–H and O–H groups in total. The number of carbonyl (C=O) groups is 3. The summed E-state index contributed by atoms with van der Waals surface area (Å²) in [6.45, 7) is 14.7. The summed E-state index contributed by atoms with van der Waals surface area (Å²) in [7, 11) is 0. The van der Waals surface area contributed by atoms with Crippen LogP contribution in [0.3, 0.4) is 0 Å². The van der Waals surface area contributed by atoms with Gasteiger partial charge in [0.25, 0.3) is 0 Å². The maximum atomic E-state index is 13.8. The first-order valence-electron chi connectivity index (χ1n) is 13.1. The highest BCUT2D eigenvalue weighted by molar-refractivity contribution is 6.00. The normalized spacial score (nSPS) is 40.0. The number of fused-ring (bicyclic) bond motifs is 4. The Morgan fingerprint density at radius 3 is 2.52 bits per heavy atom. The van der Waals surface area contributed by atoms with Crippen molar-refractivity contribution in [2.24, 2.45) is 46.3 Å². The molecule has 0 amide bonds. The number of ketones is 2. The van der Waals surface area contributed by atoms with E-state index in [-0.39, 0.29) is 16.7 Å². The van der Waals surface area contributed by atoms with Crippen LogP contribution in [0, 0.1) is 46.3 Å². The minimum Gasteiger partial charge on any atom is -0.481 e. The fourth-order valence-corrected chi connectivity index (χ4v) is 8.56. The van der Waals surface area contributed by atoms with Crippen LogP contribution in [0.1, 0.15) is 92.4 Å². The number of carboxylic acids is 1. The molecule has 8 atom stereocenters. The minimum atomic E-state index is -0.805. The summed E-state index contributed by atoms with van der Waals surface area (Å²) >= 11 is 0. The third-order valence-corrected chi connectivity index (χ3v) is 10.7. The Morgan fingerprint density at radius 1 is 1.15 bits per heavy atom. The Morgan fingerprint density at radius 2 is 1.85 bits per heavy atom. The zero-order valence-corrected chi connectivity index (χ0v) is 21.2. The van der Waals surface area contributed by atoms with Gasteiger partial charge in [0, 0.05) is 24.3 Å². The molecule has 182 valence electrons. The van der Waals surface area contributed by atoms with E-state index in [4.69, 9.17) is 0 Å². The van der Waals surface area contributed by atoms with Crippen LogP contribution in [0.5, 0.6) is 0 Å². The summed E-state index contributed by atoms with van der Waals surface area (Å²) in [5.74, 6) is 1.18. The molecule has 2 fully saturated rings. The molecule has 4 aliphatic rings. The minimum absolute atomic E-state index is 0.00558. The Balaban J connectivity index is 1.56. The molecule has 4 aliphatic carbocycles. The van der Waals surface area contributed by atoms with Crippen molar-refractivity contribution in [2.45, 2.75) is 92.4 Å². The van der Waals surface area contributed by atoms with E-state index in [1.165, 1.54) is 5.57 Å². The van der Waals surface area contributed by atoms with Crippen molar-refractivity contribution in [1.82, 2.24) is 0 Å². The van der Waals surface area contributed by atoms with Gasteiger partial charge in [-0.3, -0.25) is 14.4 Å². The van der Waals surface area contributed by atoms with Gasteiger partial charge in [0.05, 0.1) is 5.92 Å². The fraction of sp³-hybridized carbons (Fsp3) is 0.759. The number of Topliss-reactive ketones (excluding diaryl/α,β-unsaturated/α-hetero) is 2. The second-order valence-electron chi connectivity index (χ2n) is 12.3. The van der Waals surface area contributed by atoms with Crippen molar-refractivity contribution in [1.29, 1.82) is 0 Å². The predicted molar refractivity (Wildman–Crippen MR) is 130 cm³/mol. The van der Waals surface area contributed by atoms with Gasteiger partial charge in [-0.15, -0.1) is 0 Å². The molecule has 0 radical (unpaired) electrons. The second kappa shape index (κ2) is 8.50. The van der Waals surface area contributed by atoms with Crippen LogP contribution in [0.25, 0.3) is 0 Å². The van der Waals surface area contributed by atoms with Gasteiger partial charge in [0.2, 0.25) is 0 Å². The summed E-state index contributed by atoms with van der Waals surface area (Å²) in [4.78, 5) is 37.5. The first-order chi connectivity index (χ1) is 15.4. The van der Waals surface area contributed by atoms with Crippen LogP contribution < -0.4 is 0 Å². The van der Waals surface area contributed by atoms with Gasteiger partial charge in [-0.25, -0.2) is 0 Å². The summed E-state index contributed by atoms with van der Waals surface area (Å²) in [5.41, 5.74) is 3.22. The van der Waals surface area contributed by atoms with E-state index in [2.05, 4.69) is 34.3 Å². The molecule has 4 heteroatoms. The molecular formula is C29H42O4. The molecule has 2 saturated carbocycles. The molecule has 4 nitrogen and oxygen atoms in total. The molecule has 4 rings (SSSR count). The van der Waals surface area contributed by atoms with Crippen LogP contribution in [-0.4, -0.2) is 22.6 Å². The third kappa shape index (κ3) is 3.76. The lowest BCUT2D eigenvalue weighted by molar-refractivity contribution is -0.140. The van der Waals surface area contributed by atoms with Crippen molar-refractivity contribution < 1.29 is 19.5 Å². The first kappa shape index (κ1) is 24.4. The highest BCUT2D eigenvalue weighted by Crippen LogP contribution is 2.65. The third-order valence-electron chi connectivity index (χ3n) is 10.7. The van der Waals surface area contributed by atoms with Crippen molar-refractivity contribution in [3.05, 3.63) is 23.3 Å². The van der Waals surface area contributed by atoms with E-state index in [0.717, 1.165) is 56.1 Å². The highest BCUT2D eigenvalue weighted by Gasteiger charge is 2.59. The largest absolute Gasteiger partial charge is 0.481 e. The molecule has 0 aromatic carbocycles. The van der Waals surface area contributed by atoms with E-state index in [1.54, 1.807) is 6.92 Å². The number of aliphatic carboxylic acids is 1. The lowest BCUT2D eigenvalue weighted by Crippen LogP contribution is -2.50. The van der Waals surface area contributed by atoms with Gasteiger partial charge in [-0.1, -0.05) is 45.4 Å². The number of allylic oxidation sites excluding steroid dienone is 2. The average Bonchev–Trinajstić information content (AvgIpc) is 3.10. The van der Waals surface area contributed by atoms with Crippen LogP contribution in [0.15, 0.2) is 23.3 Å². The Kier molecular flexibility index (Phi) is 6.29. The van der Waals surface area contributed by atoms with Crippen LogP contribution >= 0.6 is 0 Å². The SMILES string of the molecule is C=C(CC[C@@H](C)[C@H]1CC[C@H]2C3=C(C(=O)C[C@]12C)[C@@]1(C)CCC(=O)C(C)C1CC3)C(C)C(=O)O. The van der Waals surface area contributed by atoms with Gasteiger partial charge in [0.1, 0.15) is 5.78 Å². The van der Waals surface area contributed by atoms with E-state index in [1.807, 2.05) is 0 Å². The van der Waals surface area contributed by atoms with E-state index in [0.29, 0.717) is 48.1 Å². The zero-order valence-electron chi connectivity index (χ0n) is 21.2. The number of rotatable bonds is 6. The molecule has 0 spiro atoms. The number of carboxylic acid groups (broad SMARTS) is 1. The highest BCUT2D eigenvalue weighted by atomic mass is 16.4. The summed E-state index contributed by atoms with van der Waals surface area (Å²) in [6.07, 6.45) is 8.05. The van der Waals surface area contributed by atoms with Crippen molar-refractivity contribution >= 4 is 17.5 Å². The Hall–Kier alpha value is -1.71. The van der Waals surface area contributed by atoms with Crippen molar-refractivity contribution in [3.8, 4) is 0 Å². The van der Waals surface area contributed by atoms with Crippen LogP contribution in [0.2, 0.25) is 0 Å². The van der Waals surface area contributed by atoms with Crippen LogP contribution in [-0.2, 0) is 14.4 Å². The number of carbonyl (C=O) groups excluding carboxylic acids is 2. The predicted octanol–water partition coefficient (Wildman–Crippen LogP) is 6.40. The number of hydrogen-bond donors (Lipinski definition) is 1. The van der Waals surface area contributed by atoms with Gasteiger partial charge < -0.3 is 5.11 Å². The first-order valence-corrected chi connectivity index (χ1v) is 13.1. The van der Waals surface area contributed by atoms with E-state index >= 15 is 0 Å².